The van der Waals surface area contributed by atoms with Crippen molar-refractivity contribution < 1.29 is 0 Å². The molecule has 2 aromatic heterocycles. The number of aromatic nitrogens is 3. The molecule has 0 atom stereocenters. The van der Waals surface area contributed by atoms with Gasteiger partial charge in [0.25, 0.3) is 0 Å². The van der Waals surface area contributed by atoms with E-state index >= 15 is 0 Å². The monoisotopic (exact) mass is 220 g/mol. The van der Waals surface area contributed by atoms with Gasteiger partial charge in [0.2, 0.25) is 0 Å². The highest BCUT2D eigenvalue weighted by molar-refractivity contribution is 5.51. The third-order valence-electron chi connectivity index (χ3n) is 2.16. The molecule has 0 N–H and O–H groups in total. The maximum Gasteiger partial charge on any atom is 0.177 e. The van der Waals surface area contributed by atoms with Crippen LogP contribution in [0.2, 0.25) is 0 Å². The summed E-state index contributed by atoms with van der Waals surface area (Å²) in [6.45, 7) is 0. The first-order valence-corrected chi connectivity index (χ1v) is 4.54. The molecule has 2 heterocycles. The van der Waals surface area contributed by atoms with Crippen molar-refractivity contribution in [2.45, 2.75) is 0 Å². The molecule has 0 unspecified atom stereocenters. The molecule has 0 bridgehead atoms. The van der Waals surface area contributed by atoms with Crippen LogP contribution in [0.1, 0.15) is 17.0 Å². The van der Waals surface area contributed by atoms with Gasteiger partial charge in [-0.1, -0.05) is 0 Å². The minimum atomic E-state index is 0.0280. The van der Waals surface area contributed by atoms with Crippen LogP contribution in [0.4, 0.5) is 0 Å². The lowest BCUT2D eigenvalue weighted by Crippen LogP contribution is -2.00. The van der Waals surface area contributed by atoms with Crippen LogP contribution in [-0.4, -0.2) is 14.5 Å². The summed E-state index contributed by atoms with van der Waals surface area (Å²) in [4.78, 5) is 7.69. The SMILES string of the molecule is N#Cc1ccncc1-n1cnc(C#N)c1C#N. The largest absolute Gasteiger partial charge is 0.286 e. The summed E-state index contributed by atoms with van der Waals surface area (Å²) in [6.07, 6.45) is 4.26. The van der Waals surface area contributed by atoms with E-state index in [1.807, 2.05) is 18.2 Å². The molecular weight excluding hydrogens is 216 g/mol. The van der Waals surface area contributed by atoms with E-state index in [1.54, 1.807) is 0 Å². The topological polar surface area (TPSA) is 102 Å². The molecule has 0 amide bonds. The van der Waals surface area contributed by atoms with E-state index in [2.05, 4.69) is 9.97 Å². The summed E-state index contributed by atoms with van der Waals surface area (Å²) in [6, 6.07) is 7.22. The first kappa shape index (κ1) is 10.4. The molecule has 2 aromatic rings. The Morgan fingerprint density at radius 3 is 2.59 bits per heavy atom. The first-order chi connectivity index (χ1) is 8.31. The van der Waals surface area contributed by atoms with Crippen molar-refractivity contribution in [3.8, 4) is 23.9 Å². The minimum Gasteiger partial charge on any atom is -0.286 e. The second-order valence-corrected chi connectivity index (χ2v) is 3.04. The van der Waals surface area contributed by atoms with Crippen molar-refractivity contribution in [1.82, 2.24) is 14.5 Å². The second kappa shape index (κ2) is 4.14. The fourth-order valence-corrected chi connectivity index (χ4v) is 1.39. The first-order valence-electron chi connectivity index (χ1n) is 4.54. The number of pyridine rings is 1. The van der Waals surface area contributed by atoms with E-state index in [9.17, 15) is 0 Å². The highest BCUT2D eigenvalue weighted by Gasteiger charge is 2.13. The van der Waals surface area contributed by atoms with Gasteiger partial charge in [0.1, 0.15) is 24.5 Å². The van der Waals surface area contributed by atoms with Crippen LogP contribution in [-0.2, 0) is 0 Å². The third kappa shape index (κ3) is 1.58. The highest BCUT2D eigenvalue weighted by atomic mass is 15.1. The fourth-order valence-electron chi connectivity index (χ4n) is 1.39. The van der Waals surface area contributed by atoms with Crippen molar-refractivity contribution in [2.75, 3.05) is 0 Å². The van der Waals surface area contributed by atoms with E-state index in [4.69, 9.17) is 15.8 Å². The Morgan fingerprint density at radius 1 is 1.12 bits per heavy atom. The molecule has 6 heteroatoms. The number of nitriles is 3. The predicted octanol–water partition coefficient (Wildman–Crippen LogP) is 0.882. The Bertz CT molecular complexity index is 692. The van der Waals surface area contributed by atoms with E-state index in [0.29, 0.717) is 11.3 Å². The Hall–Kier alpha value is -3.17. The van der Waals surface area contributed by atoms with Crippen LogP contribution in [0.3, 0.4) is 0 Å². The van der Waals surface area contributed by atoms with Crippen molar-refractivity contribution in [3.63, 3.8) is 0 Å². The number of imidazole rings is 1. The number of nitrogens with zero attached hydrogens (tertiary/aromatic N) is 6. The zero-order chi connectivity index (χ0) is 12.3. The van der Waals surface area contributed by atoms with Gasteiger partial charge in [-0.25, -0.2) is 4.98 Å². The third-order valence-corrected chi connectivity index (χ3v) is 2.16. The molecule has 0 saturated heterocycles. The van der Waals surface area contributed by atoms with Gasteiger partial charge in [-0.05, 0) is 6.07 Å². The van der Waals surface area contributed by atoms with Crippen LogP contribution >= 0.6 is 0 Å². The van der Waals surface area contributed by atoms with Crippen LogP contribution in [0.25, 0.3) is 5.69 Å². The molecule has 0 aromatic carbocycles. The minimum absolute atomic E-state index is 0.0280. The van der Waals surface area contributed by atoms with Gasteiger partial charge in [0, 0.05) is 6.20 Å². The molecule has 0 aliphatic carbocycles. The fraction of sp³-hybridized carbons (Fsp3) is 0. The zero-order valence-corrected chi connectivity index (χ0v) is 8.49. The number of hydrogen-bond acceptors (Lipinski definition) is 5. The van der Waals surface area contributed by atoms with Gasteiger partial charge in [-0.2, -0.15) is 15.8 Å². The van der Waals surface area contributed by atoms with E-state index in [1.165, 1.54) is 29.4 Å². The molecule has 6 nitrogen and oxygen atoms in total. The Kier molecular flexibility index (Phi) is 2.52. The lowest BCUT2D eigenvalue weighted by Gasteiger charge is -2.04. The normalized spacial score (nSPS) is 9.00. The summed E-state index contributed by atoms with van der Waals surface area (Å²) in [5, 5.41) is 26.7. The maximum absolute atomic E-state index is 8.98. The van der Waals surface area contributed by atoms with Crippen LogP contribution in [0.15, 0.2) is 24.8 Å². The van der Waals surface area contributed by atoms with Crippen molar-refractivity contribution >= 4 is 0 Å². The lowest BCUT2D eigenvalue weighted by molar-refractivity contribution is 1.01. The standard InChI is InChI=1S/C11H4N6/c12-3-8-1-2-15-6-11(8)17-7-16-9(4-13)10(17)5-14/h1-2,6-7H. The van der Waals surface area contributed by atoms with Crippen molar-refractivity contribution in [1.29, 1.82) is 15.8 Å². The average molecular weight is 220 g/mol. The summed E-state index contributed by atoms with van der Waals surface area (Å²) < 4.78 is 1.38. The van der Waals surface area contributed by atoms with E-state index in [0.717, 1.165) is 0 Å². The molecule has 78 valence electrons. The van der Waals surface area contributed by atoms with E-state index in [-0.39, 0.29) is 11.4 Å². The highest BCUT2D eigenvalue weighted by Crippen LogP contribution is 2.16. The summed E-state index contributed by atoms with van der Waals surface area (Å²) in [5.74, 6) is 0. The lowest BCUT2D eigenvalue weighted by atomic mass is 10.2. The molecular formula is C11H4N6. The molecule has 0 aliphatic heterocycles. The molecule has 0 aliphatic rings. The Balaban J connectivity index is 2.72. The molecule has 0 spiro atoms. The number of hydrogen-bond donors (Lipinski definition) is 0. The average Bonchev–Trinajstić information content (AvgIpc) is 2.81. The summed E-state index contributed by atoms with van der Waals surface area (Å²) >= 11 is 0. The second-order valence-electron chi connectivity index (χ2n) is 3.04. The molecule has 0 fully saturated rings. The molecule has 17 heavy (non-hydrogen) atoms. The Morgan fingerprint density at radius 2 is 1.94 bits per heavy atom. The summed E-state index contributed by atoms with van der Waals surface area (Å²) in [5.41, 5.74) is 0.913. The molecule has 0 radical (unpaired) electrons. The predicted molar refractivity (Wildman–Crippen MR) is 55.5 cm³/mol. The zero-order valence-electron chi connectivity index (χ0n) is 8.49. The van der Waals surface area contributed by atoms with E-state index < -0.39 is 0 Å². The Labute approximate surface area is 96.6 Å². The summed E-state index contributed by atoms with van der Waals surface area (Å²) in [7, 11) is 0. The van der Waals surface area contributed by atoms with Crippen LogP contribution in [0, 0.1) is 34.0 Å². The van der Waals surface area contributed by atoms with Gasteiger partial charge in [0.05, 0.1) is 17.4 Å². The van der Waals surface area contributed by atoms with Crippen LogP contribution in [0.5, 0.6) is 0 Å². The van der Waals surface area contributed by atoms with Crippen molar-refractivity contribution in [3.05, 3.63) is 41.7 Å². The van der Waals surface area contributed by atoms with Gasteiger partial charge in [-0.3, -0.25) is 9.55 Å². The number of rotatable bonds is 1. The van der Waals surface area contributed by atoms with Gasteiger partial charge in [0.15, 0.2) is 11.4 Å². The van der Waals surface area contributed by atoms with Gasteiger partial charge in [-0.15, -0.1) is 0 Å². The quantitative estimate of drug-likeness (QED) is 0.709. The smallest absolute Gasteiger partial charge is 0.177 e. The van der Waals surface area contributed by atoms with Crippen molar-refractivity contribution in [2.24, 2.45) is 0 Å². The van der Waals surface area contributed by atoms with Gasteiger partial charge >= 0.3 is 0 Å². The van der Waals surface area contributed by atoms with Crippen LogP contribution < -0.4 is 0 Å². The maximum atomic E-state index is 8.98. The molecule has 2 rings (SSSR count). The molecule has 0 saturated carbocycles. The van der Waals surface area contributed by atoms with Gasteiger partial charge < -0.3 is 0 Å².